The lowest BCUT2D eigenvalue weighted by Crippen LogP contribution is -2.57. The number of ether oxygens (including phenoxy) is 1. The van der Waals surface area contributed by atoms with Gasteiger partial charge >= 0.3 is 0 Å². The van der Waals surface area contributed by atoms with Crippen LogP contribution in [0.4, 0.5) is 0 Å². The summed E-state index contributed by atoms with van der Waals surface area (Å²) in [6, 6.07) is 10.8. The van der Waals surface area contributed by atoms with Crippen molar-refractivity contribution in [2.75, 3.05) is 47.4 Å². The highest BCUT2D eigenvalue weighted by Crippen LogP contribution is 2.31. The second-order valence-corrected chi connectivity index (χ2v) is 7.86. The van der Waals surface area contributed by atoms with Crippen LogP contribution in [-0.2, 0) is 10.2 Å². The first-order chi connectivity index (χ1) is 13.0. The van der Waals surface area contributed by atoms with Crippen LogP contribution in [0.15, 0.2) is 35.3 Å². The minimum Gasteiger partial charge on any atom is -0.381 e. The number of aliphatic imine (C=N–C) groups is 1. The van der Waals surface area contributed by atoms with Crippen LogP contribution in [0.2, 0.25) is 0 Å². The molecule has 0 aromatic heterocycles. The molecular formula is C22H38N4O. The summed E-state index contributed by atoms with van der Waals surface area (Å²) >= 11 is 0. The van der Waals surface area contributed by atoms with Crippen molar-refractivity contribution in [2.45, 2.75) is 50.5 Å². The Balaban J connectivity index is 2.01. The van der Waals surface area contributed by atoms with Gasteiger partial charge in [0.15, 0.2) is 5.96 Å². The largest absolute Gasteiger partial charge is 0.381 e. The monoisotopic (exact) mass is 374 g/mol. The summed E-state index contributed by atoms with van der Waals surface area (Å²) in [6.07, 6.45) is 4.27. The van der Waals surface area contributed by atoms with E-state index in [1.54, 1.807) is 0 Å². The van der Waals surface area contributed by atoms with Gasteiger partial charge in [0.1, 0.15) is 0 Å². The van der Waals surface area contributed by atoms with Crippen molar-refractivity contribution >= 4 is 5.96 Å². The second kappa shape index (κ2) is 10.1. The van der Waals surface area contributed by atoms with E-state index in [1.807, 2.05) is 7.05 Å². The molecule has 0 aliphatic carbocycles. The maximum absolute atomic E-state index is 5.58. The fourth-order valence-electron chi connectivity index (χ4n) is 4.06. The molecule has 2 rings (SSSR count). The van der Waals surface area contributed by atoms with Crippen molar-refractivity contribution in [3.8, 4) is 0 Å². The van der Waals surface area contributed by atoms with Crippen LogP contribution in [0.5, 0.6) is 0 Å². The van der Waals surface area contributed by atoms with Crippen LogP contribution in [-0.4, -0.2) is 63.8 Å². The highest BCUT2D eigenvalue weighted by atomic mass is 16.5. The molecule has 5 heteroatoms. The maximum Gasteiger partial charge on any atom is 0.191 e. The van der Waals surface area contributed by atoms with Gasteiger partial charge in [-0.3, -0.25) is 4.99 Å². The predicted molar refractivity (Wildman–Crippen MR) is 115 cm³/mol. The quantitative estimate of drug-likeness (QED) is 0.542. The highest BCUT2D eigenvalue weighted by Gasteiger charge is 2.35. The molecule has 1 fully saturated rings. The molecule has 0 spiro atoms. The number of hydrogen-bond donors (Lipinski definition) is 2. The molecule has 0 unspecified atom stereocenters. The zero-order valence-corrected chi connectivity index (χ0v) is 17.8. The van der Waals surface area contributed by atoms with E-state index in [1.165, 1.54) is 5.56 Å². The van der Waals surface area contributed by atoms with Gasteiger partial charge in [-0.25, -0.2) is 0 Å². The lowest BCUT2D eigenvalue weighted by molar-refractivity contribution is -0.00501. The van der Waals surface area contributed by atoms with E-state index in [0.29, 0.717) is 0 Å². The van der Waals surface area contributed by atoms with Gasteiger partial charge in [0, 0.05) is 44.3 Å². The van der Waals surface area contributed by atoms with E-state index >= 15 is 0 Å². The van der Waals surface area contributed by atoms with Gasteiger partial charge < -0.3 is 20.3 Å². The Morgan fingerprint density at radius 2 is 1.74 bits per heavy atom. The Morgan fingerprint density at radius 1 is 1.11 bits per heavy atom. The average molecular weight is 375 g/mol. The molecule has 0 radical (unpaired) electrons. The van der Waals surface area contributed by atoms with Crippen molar-refractivity contribution in [3.63, 3.8) is 0 Å². The van der Waals surface area contributed by atoms with Crippen molar-refractivity contribution in [2.24, 2.45) is 4.99 Å². The van der Waals surface area contributed by atoms with E-state index in [0.717, 1.165) is 57.9 Å². The Bertz CT molecular complexity index is 575. The van der Waals surface area contributed by atoms with Crippen LogP contribution in [0.25, 0.3) is 0 Å². The lowest BCUT2D eigenvalue weighted by atomic mass is 9.76. The molecular weight excluding hydrogens is 336 g/mol. The third-order valence-corrected chi connectivity index (χ3v) is 6.51. The Hall–Kier alpha value is -1.59. The van der Waals surface area contributed by atoms with E-state index < -0.39 is 0 Å². The molecule has 1 aliphatic rings. The number of hydrogen-bond acceptors (Lipinski definition) is 3. The van der Waals surface area contributed by atoms with Crippen LogP contribution < -0.4 is 10.6 Å². The molecule has 0 bridgehead atoms. The van der Waals surface area contributed by atoms with Gasteiger partial charge in [-0.15, -0.1) is 0 Å². The molecule has 1 saturated heterocycles. The van der Waals surface area contributed by atoms with E-state index in [4.69, 9.17) is 4.74 Å². The molecule has 152 valence electrons. The summed E-state index contributed by atoms with van der Waals surface area (Å²) in [4.78, 5) is 6.81. The normalized spacial score (nSPS) is 17.8. The third-order valence-electron chi connectivity index (χ3n) is 6.51. The van der Waals surface area contributed by atoms with Crippen molar-refractivity contribution in [1.29, 1.82) is 0 Å². The molecule has 2 N–H and O–H groups in total. The number of likely N-dealkylation sites (N-methyl/N-ethyl adjacent to an activating group) is 1. The summed E-state index contributed by atoms with van der Waals surface area (Å²) in [6.45, 7) is 7.96. The maximum atomic E-state index is 5.58. The molecule has 0 saturated carbocycles. The first-order valence-corrected chi connectivity index (χ1v) is 10.3. The Labute approximate surface area is 165 Å². The zero-order chi connectivity index (χ0) is 19.8. The van der Waals surface area contributed by atoms with Crippen LogP contribution >= 0.6 is 0 Å². The van der Waals surface area contributed by atoms with Gasteiger partial charge in [-0.05, 0) is 45.3 Å². The van der Waals surface area contributed by atoms with E-state index in [2.05, 4.69) is 78.8 Å². The molecule has 0 atom stereocenters. The summed E-state index contributed by atoms with van der Waals surface area (Å²) in [5.41, 5.74) is 1.64. The Kier molecular flexibility index (Phi) is 8.11. The van der Waals surface area contributed by atoms with Gasteiger partial charge in [-0.2, -0.15) is 0 Å². The first kappa shape index (κ1) is 21.7. The number of nitrogens with one attached hydrogen (secondary N) is 2. The van der Waals surface area contributed by atoms with Crippen molar-refractivity contribution < 1.29 is 4.74 Å². The van der Waals surface area contributed by atoms with Crippen LogP contribution in [0.3, 0.4) is 0 Å². The van der Waals surface area contributed by atoms with Gasteiger partial charge in [0.2, 0.25) is 0 Å². The topological polar surface area (TPSA) is 48.9 Å². The molecule has 0 amide bonds. The average Bonchev–Trinajstić information content (AvgIpc) is 2.72. The molecule has 5 nitrogen and oxygen atoms in total. The van der Waals surface area contributed by atoms with Crippen LogP contribution in [0.1, 0.15) is 45.1 Å². The zero-order valence-electron chi connectivity index (χ0n) is 17.8. The third kappa shape index (κ3) is 5.23. The summed E-state index contributed by atoms with van der Waals surface area (Å²) in [5.74, 6) is 0.880. The second-order valence-electron chi connectivity index (χ2n) is 7.86. The van der Waals surface area contributed by atoms with Gasteiger partial charge in [-0.1, -0.05) is 44.2 Å². The fourth-order valence-corrected chi connectivity index (χ4v) is 4.06. The minimum atomic E-state index is 0.122. The number of rotatable bonds is 8. The first-order valence-electron chi connectivity index (χ1n) is 10.3. The lowest BCUT2D eigenvalue weighted by Gasteiger charge is -2.43. The number of benzene rings is 1. The van der Waals surface area contributed by atoms with Crippen LogP contribution in [0, 0.1) is 0 Å². The van der Waals surface area contributed by atoms with E-state index in [-0.39, 0.29) is 11.0 Å². The van der Waals surface area contributed by atoms with Crippen molar-refractivity contribution in [1.82, 2.24) is 15.5 Å². The minimum absolute atomic E-state index is 0.122. The molecule has 1 aromatic carbocycles. The number of nitrogens with zero attached hydrogens (tertiary/aromatic N) is 2. The summed E-state index contributed by atoms with van der Waals surface area (Å²) in [5, 5.41) is 7.17. The SMILES string of the molecule is CCC(CC)(CNC(=NC)NCC1(N(C)C)CCOCC1)c1ccccc1. The van der Waals surface area contributed by atoms with Gasteiger partial charge in [0.05, 0.1) is 0 Å². The predicted octanol–water partition coefficient (Wildman–Crippen LogP) is 3.02. The highest BCUT2D eigenvalue weighted by molar-refractivity contribution is 5.79. The Morgan fingerprint density at radius 3 is 2.26 bits per heavy atom. The molecule has 27 heavy (non-hydrogen) atoms. The molecule has 1 heterocycles. The number of guanidine groups is 1. The summed E-state index contributed by atoms with van der Waals surface area (Å²) in [7, 11) is 6.18. The smallest absolute Gasteiger partial charge is 0.191 e. The van der Waals surface area contributed by atoms with E-state index in [9.17, 15) is 0 Å². The summed E-state index contributed by atoms with van der Waals surface area (Å²) < 4.78 is 5.58. The molecule has 1 aromatic rings. The van der Waals surface area contributed by atoms with Crippen molar-refractivity contribution in [3.05, 3.63) is 35.9 Å². The van der Waals surface area contributed by atoms with Gasteiger partial charge in [0.25, 0.3) is 0 Å². The fraction of sp³-hybridized carbons (Fsp3) is 0.682. The standard InChI is InChI=1S/C22H38N4O/c1-6-21(7-2,19-11-9-8-10-12-19)17-24-20(23-3)25-18-22(26(4)5)13-15-27-16-14-22/h8-12H,6-7,13-18H2,1-5H3,(H2,23,24,25). The molecule has 1 aliphatic heterocycles.